The summed E-state index contributed by atoms with van der Waals surface area (Å²) < 4.78 is 4.29. The Morgan fingerprint density at radius 1 is 1.17 bits per heavy atom. The van der Waals surface area contributed by atoms with E-state index >= 15 is 0 Å². The first-order chi connectivity index (χ1) is 14.0. The third-order valence-electron chi connectivity index (χ3n) is 4.91. The number of hydrogen-bond acceptors (Lipinski definition) is 5. The van der Waals surface area contributed by atoms with Gasteiger partial charge in [0.05, 0.1) is 5.52 Å². The number of aryl methyl sites for hydroxylation is 4. The smallest absolute Gasteiger partial charge is 0.272 e. The first-order valence-corrected chi connectivity index (χ1v) is 10.6. The lowest BCUT2D eigenvalue weighted by Crippen LogP contribution is -2.21. The van der Waals surface area contributed by atoms with Gasteiger partial charge in [-0.3, -0.25) is 18.6 Å². The lowest BCUT2D eigenvalue weighted by atomic mass is 10.1. The maximum atomic E-state index is 12.6. The molecular weight excluding hydrogens is 386 g/mol. The Bertz CT molecular complexity index is 1250. The number of hydrogen-bond donors (Lipinski definition) is 1. The van der Waals surface area contributed by atoms with E-state index in [1.165, 1.54) is 11.3 Å². The molecule has 1 amide bonds. The highest BCUT2D eigenvalue weighted by Gasteiger charge is 2.16. The molecule has 0 fully saturated rings. The summed E-state index contributed by atoms with van der Waals surface area (Å²) in [5, 5.41) is 13.4. The van der Waals surface area contributed by atoms with Crippen LogP contribution < -0.4 is 10.9 Å². The second kappa shape index (κ2) is 7.79. The van der Waals surface area contributed by atoms with Crippen LogP contribution >= 0.6 is 11.3 Å². The van der Waals surface area contributed by atoms with Gasteiger partial charge in [-0.1, -0.05) is 6.07 Å². The number of fused-ring (bicyclic) bond motifs is 3. The van der Waals surface area contributed by atoms with Crippen molar-refractivity contribution in [2.24, 2.45) is 0 Å². The number of rotatable bonds is 6. The summed E-state index contributed by atoms with van der Waals surface area (Å²) in [6.45, 7) is 6.49. The number of benzene rings is 1. The molecule has 1 aromatic carbocycles. The molecule has 0 atom stereocenters. The van der Waals surface area contributed by atoms with Crippen molar-refractivity contribution in [3.63, 3.8) is 0 Å². The van der Waals surface area contributed by atoms with E-state index in [1.54, 1.807) is 4.57 Å². The second-order valence-corrected chi connectivity index (χ2v) is 8.13. The van der Waals surface area contributed by atoms with E-state index in [4.69, 9.17) is 0 Å². The highest BCUT2D eigenvalue weighted by Crippen LogP contribution is 2.20. The van der Waals surface area contributed by atoms with Gasteiger partial charge in [-0.25, -0.2) is 0 Å². The number of aromatic nitrogens is 4. The summed E-state index contributed by atoms with van der Waals surface area (Å²) in [6.07, 6.45) is 1.64. The molecule has 150 valence electrons. The summed E-state index contributed by atoms with van der Waals surface area (Å²) in [7, 11) is 0. The minimum Gasteiger partial charge on any atom is -0.326 e. The molecule has 3 heterocycles. The van der Waals surface area contributed by atoms with E-state index < -0.39 is 0 Å². The molecule has 29 heavy (non-hydrogen) atoms. The molecule has 0 aliphatic rings. The Kier molecular flexibility index (Phi) is 5.19. The van der Waals surface area contributed by atoms with Crippen LogP contribution in [-0.2, 0) is 17.8 Å². The summed E-state index contributed by atoms with van der Waals surface area (Å²) in [5.41, 5.74) is 3.87. The van der Waals surface area contributed by atoms with Gasteiger partial charge in [0.15, 0.2) is 0 Å². The summed E-state index contributed by atoms with van der Waals surface area (Å²) in [4.78, 5) is 25.0. The van der Waals surface area contributed by atoms with Gasteiger partial charge >= 0.3 is 0 Å². The maximum Gasteiger partial charge on any atom is 0.272 e. The van der Waals surface area contributed by atoms with Crippen LogP contribution in [0.2, 0.25) is 0 Å². The Hall–Kier alpha value is -3.00. The zero-order chi connectivity index (χ0) is 20.5. The van der Waals surface area contributed by atoms with E-state index in [1.807, 2.05) is 48.8 Å². The van der Waals surface area contributed by atoms with E-state index in [2.05, 4.69) is 21.6 Å². The van der Waals surface area contributed by atoms with Crippen molar-refractivity contribution in [2.75, 3.05) is 5.32 Å². The molecule has 0 saturated heterocycles. The predicted octanol–water partition coefficient (Wildman–Crippen LogP) is 3.70. The zero-order valence-electron chi connectivity index (χ0n) is 16.7. The SMILES string of the molecule is CCn1c(=O)c2sccc2n2c(CCCC(=O)Nc3cc(C)cc(C)c3)nnc12. The van der Waals surface area contributed by atoms with Gasteiger partial charge in [-0.15, -0.1) is 21.5 Å². The van der Waals surface area contributed by atoms with Crippen LogP contribution in [0, 0.1) is 13.8 Å². The zero-order valence-corrected chi connectivity index (χ0v) is 17.5. The van der Waals surface area contributed by atoms with Crippen LogP contribution in [0.3, 0.4) is 0 Å². The number of nitrogens with zero attached hydrogens (tertiary/aromatic N) is 4. The third-order valence-corrected chi connectivity index (χ3v) is 5.80. The highest BCUT2D eigenvalue weighted by molar-refractivity contribution is 7.17. The van der Waals surface area contributed by atoms with Crippen LogP contribution in [0.25, 0.3) is 16.0 Å². The molecule has 7 nitrogen and oxygen atoms in total. The Balaban J connectivity index is 1.51. The number of thiophene rings is 1. The molecule has 0 saturated carbocycles. The number of nitrogens with one attached hydrogen (secondary N) is 1. The number of carbonyl (C=O) groups excluding carboxylic acids is 1. The van der Waals surface area contributed by atoms with Gasteiger partial charge in [0.2, 0.25) is 11.7 Å². The maximum absolute atomic E-state index is 12.6. The fourth-order valence-corrected chi connectivity index (χ4v) is 4.53. The topological polar surface area (TPSA) is 81.3 Å². The van der Waals surface area contributed by atoms with Crippen molar-refractivity contribution in [1.82, 2.24) is 19.2 Å². The number of amides is 1. The van der Waals surface area contributed by atoms with Crippen molar-refractivity contribution in [3.8, 4) is 0 Å². The highest BCUT2D eigenvalue weighted by atomic mass is 32.1. The van der Waals surface area contributed by atoms with Gasteiger partial charge < -0.3 is 5.32 Å². The second-order valence-electron chi connectivity index (χ2n) is 7.21. The molecule has 3 aromatic heterocycles. The molecule has 0 bridgehead atoms. The van der Waals surface area contributed by atoms with Crippen LogP contribution in [0.4, 0.5) is 5.69 Å². The molecule has 4 aromatic rings. The lowest BCUT2D eigenvalue weighted by Gasteiger charge is -2.08. The van der Waals surface area contributed by atoms with Crippen molar-refractivity contribution in [2.45, 2.75) is 46.6 Å². The summed E-state index contributed by atoms with van der Waals surface area (Å²) in [5.74, 6) is 1.30. The largest absolute Gasteiger partial charge is 0.326 e. The molecule has 4 rings (SSSR count). The van der Waals surface area contributed by atoms with Gasteiger partial charge in [0, 0.05) is 25.1 Å². The van der Waals surface area contributed by atoms with Crippen molar-refractivity contribution in [3.05, 3.63) is 57.0 Å². The molecule has 0 spiro atoms. The van der Waals surface area contributed by atoms with E-state index in [-0.39, 0.29) is 11.5 Å². The monoisotopic (exact) mass is 409 g/mol. The standard InChI is InChI=1S/C21H23N5O2S/c1-4-25-20(28)19-16(8-9-29-19)26-17(23-24-21(25)26)6-5-7-18(27)22-15-11-13(2)10-14(3)12-15/h8-12H,4-7H2,1-3H3,(H,22,27). The average Bonchev–Trinajstić information content (AvgIpc) is 3.28. The van der Waals surface area contributed by atoms with Crippen molar-refractivity contribution >= 4 is 38.9 Å². The molecule has 0 aliphatic heterocycles. The van der Waals surface area contributed by atoms with Crippen LogP contribution in [0.15, 0.2) is 34.4 Å². The Morgan fingerprint density at radius 3 is 2.66 bits per heavy atom. The minimum absolute atomic E-state index is 0.0185. The van der Waals surface area contributed by atoms with Gasteiger partial charge in [-0.2, -0.15) is 0 Å². The average molecular weight is 410 g/mol. The summed E-state index contributed by atoms with van der Waals surface area (Å²) >= 11 is 1.43. The molecule has 0 aliphatic carbocycles. The van der Waals surface area contributed by atoms with Gasteiger partial charge in [-0.05, 0) is 61.9 Å². The fourth-order valence-electron chi connectivity index (χ4n) is 3.71. The first-order valence-electron chi connectivity index (χ1n) is 9.70. The quantitative estimate of drug-likeness (QED) is 0.526. The van der Waals surface area contributed by atoms with Crippen molar-refractivity contribution < 1.29 is 4.79 Å². The number of anilines is 1. The van der Waals surface area contributed by atoms with E-state index in [0.29, 0.717) is 36.3 Å². The van der Waals surface area contributed by atoms with Gasteiger partial charge in [0.1, 0.15) is 10.5 Å². The Labute approximate surface area is 172 Å². The van der Waals surface area contributed by atoms with Crippen molar-refractivity contribution in [1.29, 1.82) is 0 Å². The predicted molar refractivity (Wildman–Crippen MR) is 116 cm³/mol. The lowest BCUT2D eigenvalue weighted by molar-refractivity contribution is -0.116. The van der Waals surface area contributed by atoms with E-state index in [0.717, 1.165) is 28.2 Å². The van der Waals surface area contributed by atoms with E-state index in [9.17, 15) is 9.59 Å². The Morgan fingerprint density at radius 2 is 1.93 bits per heavy atom. The molecular formula is C21H23N5O2S. The molecule has 1 N–H and O–H groups in total. The van der Waals surface area contributed by atoms with Gasteiger partial charge in [0.25, 0.3) is 5.56 Å². The molecule has 8 heteroatoms. The van der Waals surface area contributed by atoms with Crippen LogP contribution in [-0.4, -0.2) is 25.1 Å². The summed E-state index contributed by atoms with van der Waals surface area (Å²) in [6, 6.07) is 7.93. The normalized spacial score (nSPS) is 11.4. The minimum atomic E-state index is -0.0308. The molecule has 0 radical (unpaired) electrons. The molecule has 0 unspecified atom stereocenters. The first kappa shape index (κ1) is 19.3. The fraction of sp³-hybridized carbons (Fsp3) is 0.333. The van der Waals surface area contributed by atoms with Crippen LogP contribution in [0.5, 0.6) is 0 Å². The third kappa shape index (κ3) is 3.67. The number of carbonyl (C=O) groups is 1. The van der Waals surface area contributed by atoms with Crippen LogP contribution in [0.1, 0.15) is 36.7 Å².